The first-order valence-electron chi connectivity index (χ1n) is 7.16. The van der Waals surface area contributed by atoms with Crippen LogP contribution in [0.3, 0.4) is 0 Å². The van der Waals surface area contributed by atoms with Crippen LogP contribution in [0.4, 0.5) is 0 Å². The molecule has 0 aromatic heterocycles. The van der Waals surface area contributed by atoms with Crippen molar-refractivity contribution in [1.82, 2.24) is 10.6 Å². The van der Waals surface area contributed by atoms with E-state index >= 15 is 0 Å². The normalized spacial score (nSPS) is 23.0. The highest BCUT2D eigenvalue weighted by Gasteiger charge is 2.40. The maximum Gasteiger partial charge on any atom is 0.240 e. The molecule has 2 saturated carbocycles. The minimum Gasteiger partial charge on any atom is -0.354 e. The van der Waals surface area contributed by atoms with Crippen LogP contribution in [0.5, 0.6) is 0 Å². The quantitative estimate of drug-likeness (QED) is 0.744. The maximum atomic E-state index is 12.3. The van der Waals surface area contributed by atoms with E-state index < -0.39 is 0 Å². The van der Waals surface area contributed by atoms with Gasteiger partial charge < -0.3 is 10.6 Å². The monoisotopic (exact) mass is 238 g/mol. The molecule has 2 fully saturated rings. The van der Waals surface area contributed by atoms with Gasteiger partial charge in [0.25, 0.3) is 0 Å². The molecular formula is C14H26N2O. The zero-order chi connectivity index (χ0) is 12.3. The van der Waals surface area contributed by atoms with Crippen molar-refractivity contribution < 1.29 is 4.79 Å². The summed E-state index contributed by atoms with van der Waals surface area (Å²) in [6, 6.07) is 0. The molecule has 0 atom stereocenters. The van der Waals surface area contributed by atoms with Crippen LogP contribution in [0.15, 0.2) is 0 Å². The lowest BCUT2D eigenvalue weighted by molar-refractivity contribution is -0.127. The lowest BCUT2D eigenvalue weighted by atomic mass is 9.95. The Balaban J connectivity index is 1.86. The molecule has 1 amide bonds. The van der Waals surface area contributed by atoms with E-state index in [1.54, 1.807) is 0 Å². The van der Waals surface area contributed by atoms with Crippen LogP contribution in [-0.2, 0) is 4.79 Å². The maximum absolute atomic E-state index is 12.3. The van der Waals surface area contributed by atoms with E-state index in [0.29, 0.717) is 5.92 Å². The summed E-state index contributed by atoms with van der Waals surface area (Å²) in [6.45, 7) is 6.22. The van der Waals surface area contributed by atoms with Crippen LogP contribution < -0.4 is 10.6 Å². The minimum atomic E-state index is -0.251. The molecule has 0 aromatic carbocycles. The summed E-state index contributed by atoms with van der Waals surface area (Å²) in [4.78, 5) is 12.3. The van der Waals surface area contributed by atoms with Gasteiger partial charge in [-0.1, -0.05) is 26.7 Å². The number of hydrogen-bond donors (Lipinski definition) is 2. The van der Waals surface area contributed by atoms with Gasteiger partial charge >= 0.3 is 0 Å². The molecular weight excluding hydrogens is 212 g/mol. The molecule has 2 rings (SSSR count). The fourth-order valence-corrected chi connectivity index (χ4v) is 2.59. The molecule has 3 nitrogen and oxygen atoms in total. The summed E-state index contributed by atoms with van der Waals surface area (Å²) in [5.41, 5.74) is -0.251. The lowest BCUT2D eigenvalue weighted by Crippen LogP contribution is -2.56. The molecule has 0 bridgehead atoms. The van der Waals surface area contributed by atoms with Crippen LogP contribution in [0.25, 0.3) is 0 Å². The van der Waals surface area contributed by atoms with Crippen molar-refractivity contribution in [1.29, 1.82) is 0 Å². The van der Waals surface area contributed by atoms with Gasteiger partial charge in [0, 0.05) is 6.54 Å². The summed E-state index contributed by atoms with van der Waals surface area (Å²) in [5, 5.41) is 6.68. The van der Waals surface area contributed by atoms with Crippen LogP contribution in [0.2, 0.25) is 0 Å². The number of rotatable bonds is 6. The summed E-state index contributed by atoms with van der Waals surface area (Å²) in [6.07, 6.45) is 6.98. The smallest absolute Gasteiger partial charge is 0.240 e. The molecule has 0 radical (unpaired) electrons. The molecule has 2 aliphatic carbocycles. The molecule has 0 heterocycles. The second-order valence-electron chi connectivity index (χ2n) is 6.22. The van der Waals surface area contributed by atoms with Crippen molar-refractivity contribution in [2.75, 3.05) is 13.1 Å². The summed E-state index contributed by atoms with van der Waals surface area (Å²) < 4.78 is 0. The zero-order valence-electron chi connectivity index (χ0n) is 11.2. The van der Waals surface area contributed by atoms with Crippen LogP contribution in [0.1, 0.15) is 52.4 Å². The largest absolute Gasteiger partial charge is 0.354 e. The highest BCUT2D eigenvalue weighted by atomic mass is 16.2. The molecule has 3 heteroatoms. The highest BCUT2D eigenvalue weighted by molar-refractivity contribution is 5.86. The first-order valence-corrected chi connectivity index (χ1v) is 7.16. The van der Waals surface area contributed by atoms with Crippen molar-refractivity contribution in [3.63, 3.8) is 0 Å². The third kappa shape index (κ3) is 3.44. The van der Waals surface area contributed by atoms with Crippen molar-refractivity contribution in [3.05, 3.63) is 0 Å². The minimum absolute atomic E-state index is 0.251. The predicted octanol–water partition coefficient (Wildman–Crippen LogP) is 2.07. The van der Waals surface area contributed by atoms with Gasteiger partial charge in [0.15, 0.2) is 0 Å². The fourth-order valence-electron chi connectivity index (χ4n) is 2.59. The average Bonchev–Trinajstić information content (AvgIpc) is 3.00. The van der Waals surface area contributed by atoms with E-state index in [9.17, 15) is 4.79 Å². The second kappa shape index (κ2) is 5.38. The first kappa shape index (κ1) is 12.9. The van der Waals surface area contributed by atoms with E-state index in [1.807, 2.05) is 0 Å². The Bertz CT molecular complexity index is 265. The number of amides is 1. The number of nitrogens with one attached hydrogen (secondary N) is 2. The van der Waals surface area contributed by atoms with Gasteiger partial charge in [-0.15, -0.1) is 0 Å². The van der Waals surface area contributed by atoms with Gasteiger partial charge in [-0.05, 0) is 44.1 Å². The van der Waals surface area contributed by atoms with E-state index in [0.717, 1.165) is 31.8 Å². The third-order valence-electron chi connectivity index (χ3n) is 3.99. The number of hydrogen-bond acceptors (Lipinski definition) is 2. The van der Waals surface area contributed by atoms with Gasteiger partial charge in [-0.2, -0.15) is 0 Å². The summed E-state index contributed by atoms with van der Waals surface area (Å²) >= 11 is 0. The van der Waals surface area contributed by atoms with Crippen molar-refractivity contribution in [3.8, 4) is 0 Å². The Kier molecular flexibility index (Phi) is 4.08. The summed E-state index contributed by atoms with van der Waals surface area (Å²) in [5.74, 6) is 1.62. The molecule has 0 saturated heterocycles. The van der Waals surface area contributed by atoms with E-state index in [4.69, 9.17) is 0 Å². The lowest BCUT2D eigenvalue weighted by Gasteiger charge is -2.30. The van der Waals surface area contributed by atoms with Crippen LogP contribution in [-0.4, -0.2) is 24.5 Å². The number of carbonyl (C=O) groups excluding carboxylic acids is 1. The number of carbonyl (C=O) groups is 1. The van der Waals surface area contributed by atoms with E-state index in [1.165, 1.54) is 25.7 Å². The fraction of sp³-hybridized carbons (Fsp3) is 0.929. The van der Waals surface area contributed by atoms with Gasteiger partial charge in [0.05, 0.1) is 5.54 Å². The molecule has 2 N–H and O–H groups in total. The predicted molar refractivity (Wildman–Crippen MR) is 69.8 cm³/mol. The van der Waals surface area contributed by atoms with E-state index in [-0.39, 0.29) is 11.4 Å². The molecule has 0 aromatic rings. The van der Waals surface area contributed by atoms with Gasteiger partial charge in [-0.25, -0.2) is 0 Å². The van der Waals surface area contributed by atoms with Gasteiger partial charge in [0.1, 0.15) is 0 Å². The first-order chi connectivity index (χ1) is 8.12. The van der Waals surface area contributed by atoms with Crippen LogP contribution >= 0.6 is 0 Å². The Morgan fingerprint density at radius 1 is 1.29 bits per heavy atom. The Morgan fingerprint density at radius 2 is 1.94 bits per heavy atom. The van der Waals surface area contributed by atoms with Gasteiger partial charge in [-0.3, -0.25) is 4.79 Å². The topological polar surface area (TPSA) is 41.1 Å². The van der Waals surface area contributed by atoms with E-state index in [2.05, 4.69) is 24.5 Å². The van der Waals surface area contributed by atoms with Crippen molar-refractivity contribution in [2.24, 2.45) is 11.8 Å². The van der Waals surface area contributed by atoms with Crippen molar-refractivity contribution in [2.45, 2.75) is 57.9 Å². The molecule has 0 unspecified atom stereocenters. The summed E-state index contributed by atoms with van der Waals surface area (Å²) in [7, 11) is 0. The second-order valence-corrected chi connectivity index (χ2v) is 6.22. The molecule has 98 valence electrons. The standard InChI is InChI=1S/C14H26N2O/c1-11(2)9-16-14(7-3-4-8-14)13(17)15-10-12-5-6-12/h11-12,16H,3-10H2,1-2H3,(H,15,17). The highest BCUT2D eigenvalue weighted by Crippen LogP contribution is 2.31. The van der Waals surface area contributed by atoms with Crippen molar-refractivity contribution >= 4 is 5.91 Å². The third-order valence-corrected chi connectivity index (χ3v) is 3.99. The average molecular weight is 238 g/mol. The SMILES string of the molecule is CC(C)CNC1(C(=O)NCC2CC2)CCCC1. The Morgan fingerprint density at radius 3 is 2.47 bits per heavy atom. The molecule has 0 spiro atoms. The van der Waals surface area contributed by atoms with Gasteiger partial charge in [0.2, 0.25) is 5.91 Å². The Hall–Kier alpha value is -0.570. The molecule has 17 heavy (non-hydrogen) atoms. The van der Waals surface area contributed by atoms with Crippen LogP contribution in [0, 0.1) is 11.8 Å². The molecule has 0 aliphatic heterocycles. The zero-order valence-corrected chi connectivity index (χ0v) is 11.2. The Labute approximate surface area is 105 Å². The molecule has 2 aliphatic rings.